The number of methoxy groups -OCH3 is 2. The Morgan fingerprint density at radius 1 is 1.14 bits per heavy atom. The molecule has 0 spiro atoms. The summed E-state index contributed by atoms with van der Waals surface area (Å²) in [7, 11) is 4.56. The molecule has 1 aromatic carbocycles. The average Bonchev–Trinajstić information content (AvgIpc) is 3.75. The van der Waals surface area contributed by atoms with E-state index in [1.807, 2.05) is 27.1 Å². The van der Waals surface area contributed by atoms with Gasteiger partial charge in [-0.1, -0.05) is 17.7 Å². The van der Waals surface area contributed by atoms with Crippen LogP contribution in [-0.2, 0) is 19.1 Å². The number of ether oxygens (including phenoxy) is 2. The van der Waals surface area contributed by atoms with Gasteiger partial charge in [0.2, 0.25) is 0 Å². The van der Waals surface area contributed by atoms with Crippen LogP contribution in [0, 0.1) is 5.82 Å². The van der Waals surface area contributed by atoms with Crippen molar-refractivity contribution >= 4 is 46.7 Å². The van der Waals surface area contributed by atoms with Gasteiger partial charge in [0, 0.05) is 73.2 Å². The summed E-state index contributed by atoms with van der Waals surface area (Å²) in [5.41, 5.74) is 1.32. The second kappa shape index (κ2) is 12.4. The molecule has 3 fully saturated rings. The number of amides is 2. The number of aliphatic imine (C=N–C) groups is 1. The maximum Gasteiger partial charge on any atom is 0.338 e. The van der Waals surface area contributed by atoms with Crippen molar-refractivity contribution in [2.45, 2.75) is 30.6 Å². The van der Waals surface area contributed by atoms with Gasteiger partial charge in [0.25, 0.3) is 0 Å². The van der Waals surface area contributed by atoms with Crippen molar-refractivity contribution in [3.05, 3.63) is 62.5 Å². The van der Waals surface area contributed by atoms with E-state index in [0.29, 0.717) is 67.8 Å². The van der Waals surface area contributed by atoms with Crippen LogP contribution in [0.5, 0.6) is 0 Å². The van der Waals surface area contributed by atoms with Gasteiger partial charge in [-0.05, 0) is 25.6 Å². The number of nitrogens with zero attached hydrogens (tertiary/aromatic N) is 6. The second-order valence-electron chi connectivity index (χ2n) is 11.3. The van der Waals surface area contributed by atoms with E-state index in [2.05, 4.69) is 15.2 Å². The Balaban J connectivity index is 1.25. The molecule has 1 aromatic heterocycles. The van der Waals surface area contributed by atoms with Crippen molar-refractivity contribution in [1.29, 1.82) is 0 Å². The van der Waals surface area contributed by atoms with Crippen molar-refractivity contribution in [2.75, 3.05) is 60.5 Å². The van der Waals surface area contributed by atoms with Gasteiger partial charge in [-0.15, -0.1) is 11.3 Å². The van der Waals surface area contributed by atoms with Gasteiger partial charge in [0.15, 0.2) is 10.8 Å². The first kappa shape index (κ1) is 30.4. The highest BCUT2D eigenvalue weighted by Gasteiger charge is 2.47. The Labute approximate surface area is 263 Å². The highest BCUT2D eigenvalue weighted by atomic mass is 35.5. The van der Waals surface area contributed by atoms with E-state index in [0.717, 1.165) is 0 Å². The van der Waals surface area contributed by atoms with Gasteiger partial charge in [0.05, 0.1) is 25.8 Å². The third kappa shape index (κ3) is 5.67. The third-order valence-corrected chi connectivity index (χ3v) is 9.82. The molecule has 4 atom stereocenters. The summed E-state index contributed by atoms with van der Waals surface area (Å²) in [6.07, 6.45) is 2.20. The molecule has 5 heterocycles. The largest absolute Gasteiger partial charge is 0.468 e. The van der Waals surface area contributed by atoms with Crippen LogP contribution < -0.4 is 5.32 Å². The molecule has 2 amide bonds. The number of urea groups is 1. The predicted molar refractivity (Wildman–Crippen MR) is 161 cm³/mol. The average molecular weight is 646 g/mol. The highest BCUT2D eigenvalue weighted by Crippen LogP contribution is 2.37. The zero-order valence-corrected chi connectivity index (χ0v) is 26.1. The quantitative estimate of drug-likeness (QED) is 0.452. The summed E-state index contributed by atoms with van der Waals surface area (Å²) < 4.78 is 24.1. The molecule has 12 nitrogen and oxygen atoms in total. The first-order valence-corrected chi connectivity index (χ1v) is 15.5. The number of carbonyl (C=O) groups excluding carboxylic acids is 3. The van der Waals surface area contributed by atoms with Crippen LogP contribution in [0.1, 0.15) is 23.0 Å². The van der Waals surface area contributed by atoms with Crippen molar-refractivity contribution < 1.29 is 28.2 Å². The summed E-state index contributed by atoms with van der Waals surface area (Å²) in [4.78, 5) is 56.1. The number of likely N-dealkylation sites (tertiary alicyclic amines) is 1. The third-order valence-electron chi connectivity index (χ3n) is 8.71. The zero-order chi connectivity index (χ0) is 31.1. The molecule has 0 aliphatic carbocycles. The number of benzene rings is 1. The summed E-state index contributed by atoms with van der Waals surface area (Å²) in [5, 5.41) is 5.93. The molecule has 0 radical (unpaired) electrons. The first-order valence-electron chi connectivity index (χ1n) is 14.3. The molecule has 0 bridgehead atoms. The van der Waals surface area contributed by atoms with E-state index in [9.17, 15) is 18.8 Å². The fourth-order valence-corrected chi connectivity index (χ4v) is 7.41. The Kier molecular flexibility index (Phi) is 8.59. The van der Waals surface area contributed by atoms with Crippen LogP contribution in [0.25, 0.3) is 0 Å². The Bertz CT molecular complexity index is 1520. The molecule has 44 heavy (non-hydrogen) atoms. The van der Waals surface area contributed by atoms with Gasteiger partial charge >= 0.3 is 18.0 Å². The summed E-state index contributed by atoms with van der Waals surface area (Å²) in [6, 6.07) is 2.63. The number of piperazine rings is 1. The number of hydrogen-bond acceptors (Lipinski definition) is 11. The van der Waals surface area contributed by atoms with Gasteiger partial charge < -0.3 is 24.6 Å². The lowest BCUT2D eigenvalue weighted by molar-refractivity contribution is -0.145. The fourth-order valence-electron chi connectivity index (χ4n) is 6.55. The zero-order valence-electron chi connectivity index (χ0n) is 24.5. The molecular formula is C29H33ClFN7O5S. The smallest absolute Gasteiger partial charge is 0.338 e. The summed E-state index contributed by atoms with van der Waals surface area (Å²) in [6.45, 7) is 3.16. The van der Waals surface area contributed by atoms with E-state index >= 15 is 0 Å². The number of hydrogen-bond donors (Lipinski definition) is 1. The van der Waals surface area contributed by atoms with Crippen molar-refractivity contribution in [2.24, 2.45) is 4.99 Å². The lowest BCUT2D eigenvalue weighted by atomic mass is 9.95. The fraction of sp³-hybridized carbons (Fsp3) is 0.483. The normalized spacial score (nSPS) is 26.0. The van der Waals surface area contributed by atoms with Gasteiger partial charge in [-0.25, -0.2) is 19.0 Å². The number of nitrogens with one attached hydrogen (secondary N) is 1. The maximum atomic E-state index is 14.0. The minimum atomic E-state index is -0.849. The maximum absolute atomic E-state index is 14.0. The van der Waals surface area contributed by atoms with Gasteiger partial charge in [-0.2, -0.15) is 0 Å². The monoisotopic (exact) mass is 645 g/mol. The van der Waals surface area contributed by atoms with Crippen molar-refractivity contribution in [3.8, 4) is 0 Å². The number of likely N-dealkylation sites (N-methyl/N-ethyl adjacent to an activating group) is 1. The minimum absolute atomic E-state index is 0.0203. The van der Waals surface area contributed by atoms with Crippen LogP contribution in [-0.4, -0.2) is 127 Å². The molecule has 2 aromatic rings. The number of rotatable bonds is 7. The van der Waals surface area contributed by atoms with Crippen LogP contribution in [0.15, 0.2) is 46.0 Å². The van der Waals surface area contributed by atoms with Crippen LogP contribution in [0.4, 0.5) is 9.18 Å². The van der Waals surface area contributed by atoms with E-state index in [1.54, 1.807) is 6.20 Å². The van der Waals surface area contributed by atoms with E-state index in [-0.39, 0.29) is 40.7 Å². The number of carbonyl (C=O) groups is 3. The van der Waals surface area contributed by atoms with Crippen LogP contribution in [0.3, 0.4) is 0 Å². The van der Waals surface area contributed by atoms with Crippen molar-refractivity contribution in [1.82, 2.24) is 29.9 Å². The lowest BCUT2D eigenvalue weighted by Gasteiger charge is -2.38. The number of esters is 2. The van der Waals surface area contributed by atoms with E-state index < -0.39 is 17.8 Å². The number of amidine groups is 1. The van der Waals surface area contributed by atoms with E-state index in [4.69, 9.17) is 26.1 Å². The van der Waals surface area contributed by atoms with E-state index in [1.165, 1.54) is 43.8 Å². The molecule has 3 saturated heterocycles. The second-order valence-corrected chi connectivity index (χ2v) is 12.6. The number of aromatic nitrogens is 1. The standard InChI is InChI=1S/C29H33ClFN7O5S/c1-35-12-17(11-22(35)27(39)42-2)38-14-18-13-36(7-8-37(18)29(38)41)15-21-23(28(40)43-3)24(19-5-4-16(31)10-20(19)30)34-25(33-21)26-32-6-9-44-26/h4-6,9-10,17-18,22,24H,7-8,11-15H2,1-3H3,(H,33,34)/t17-,18?,22+,24?/m0/s1. The predicted octanol–water partition coefficient (Wildman–Crippen LogP) is 2.12. The summed E-state index contributed by atoms with van der Waals surface area (Å²) >= 11 is 7.87. The highest BCUT2D eigenvalue weighted by molar-refractivity contribution is 7.11. The molecule has 0 saturated carbocycles. The molecular weight excluding hydrogens is 613 g/mol. The number of halogens is 2. The Morgan fingerprint density at radius 2 is 1.95 bits per heavy atom. The molecule has 234 valence electrons. The number of thiazole rings is 1. The minimum Gasteiger partial charge on any atom is -0.468 e. The van der Waals surface area contributed by atoms with Crippen LogP contribution >= 0.6 is 22.9 Å². The number of fused-ring (bicyclic) bond motifs is 1. The lowest BCUT2D eigenvalue weighted by Crippen LogP contribution is -2.53. The van der Waals surface area contributed by atoms with Crippen molar-refractivity contribution in [3.63, 3.8) is 0 Å². The van der Waals surface area contributed by atoms with Gasteiger partial charge in [-0.3, -0.25) is 19.6 Å². The summed E-state index contributed by atoms with van der Waals surface area (Å²) in [5.74, 6) is -0.893. The van der Waals surface area contributed by atoms with Crippen LogP contribution in [0.2, 0.25) is 5.02 Å². The molecule has 4 aliphatic rings. The molecule has 2 unspecified atom stereocenters. The van der Waals surface area contributed by atoms with Gasteiger partial charge in [0.1, 0.15) is 17.9 Å². The topological polar surface area (TPSA) is 120 Å². The Hall–Kier alpha value is -3.59. The SMILES string of the molecule is COC(=O)C1=C(CN2CCN3C(=O)N([C@H]4C[C@H](C(=O)OC)N(C)C4)CC3C2)NC(c2nccs2)=NC1c1ccc(F)cc1Cl. The molecule has 4 aliphatic heterocycles. The Morgan fingerprint density at radius 3 is 2.66 bits per heavy atom. The molecule has 1 N–H and O–H groups in total. The molecule has 15 heteroatoms. The molecule has 6 rings (SSSR count). The first-order chi connectivity index (χ1) is 21.2.